The molecule has 0 saturated carbocycles. The summed E-state index contributed by atoms with van der Waals surface area (Å²) in [6.45, 7) is 2.45. The zero-order valence-corrected chi connectivity index (χ0v) is 19.9. The highest BCUT2D eigenvalue weighted by atomic mass is 16.5. The number of anilines is 3. The molecule has 36 heavy (non-hydrogen) atoms. The van der Waals surface area contributed by atoms with Gasteiger partial charge in [-0.05, 0) is 36.4 Å². The van der Waals surface area contributed by atoms with Crippen LogP contribution in [-0.4, -0.2) is 62.1 Å². The molecular formula is C27H29N5O4. The Hall–Kier alpha value is -4.53. The van der Waals surface area contributed by atoms with Crippen molar-refractivity contribution in [2.45, 2.75) is 0 Å². The average molecular weight is 488 g/mol. The van der Waals surface area contributed by atoms with Gasteiger partial charge in [0.15, 0.2) is 6.61 Å². The van der Waals surface area contributed by atoms with Crippen LogP contribution in [0, 0.1) is 0 Å². The summed E-state index contributed by atoms with van der Waals surface area (Å²) in [5, 5.41) is 8.04. The largest absolute Gasteiger partial charge is 0.484 e. The Kier molecular flexibility index (Phi) is 8.37. The third-order valence-electron chi connectivity index (χ3n) is 5.67. The molecule has 0 radical (unpaired) electrons. The number of amides is 4. The zero-order valence-electron chi connectivity index (χ0n) is 19.9. The van der Waals surface area contributed by atoms with Crippen molar-refractivity contribution in [3.05, 3.63) is 84.9 Å². The van der Waals surface area contributed by atoms with Crippen LogP contribution in [0.5, 0.6) is 5.75 Å². The Morgan fingerprint density at radius 1 is 0.750 bits per heavy atom. The maximum absolute atomic E-state index is 12.5. The first-order chi connectivity index (χ1) is 17.6. The van der Waals surface area contributed by atoms with Crippen molar-refractivity contribution >= 4 is 34.9 Å². The van der Waals surface area contributed by atoms with Crippen LogP contribution in [0.4, 0.5) is 21.9 Å². The van der Waals surface area contributed by atoms with E-state index in [-0.39, 0.29) is 25.0 Å². The third-order valence-corrected chi connectivity index (χ3v) is 5.67. The predicted molar refractivity (Wildman–Crippen MR) is 139 cm³/mol. The second-order valence-corrected chi connectivity index (χ2v) is 8.24. The van der Waals surface area contributed by atoms with Gasteiger partial charge in [-0.2, -0.15) is 0 Å². The lowest BCUT2D eigenvalue weighted by atomic mass is 10.2. The van der Waals surface area contributed by atoms with E-state index in [0.29, 0.717) is 30.2 Å². The number of ether oxygens (including phenoxy) is 1. The lowest BCUT2D eigenvalue weighted by molar-refractivity contribution is -0.130. The van der Waals surface area contributed by atoms with Crippen LogP contribution >= 0.6 is 0 Å². The number of para-hydroxylation sites is 2. The molecule has 186 valence electrons. The number of piperazine rings is 1. The monoisotopic (exact) mass is 487 g/mol. The van der Waals surface area contributed by atoms with Crippen LogP contribution in [-0.2, 0) is 9.59 Å². The fraction of sp³-hybridized carbons (Fsp3) is 0.222. The average Bonchev–Trinajstić information content (AvgIpc) is 2.92. The van der Waals surface area contributed by atoms with Crippen LogP contribution < -0.4 is 25.6 Å². The molecule has 0 aliphatic carbocycles. The molecule has 0 bridgehead atoms. The van der Waals surface area contributed by atoms with E-state index in [0.717, 1.165) is 18.8 Å². The minimum Gasteiger partial charge on any atom is -0.484 e. The minimum atomic E-state index is -0.495. The number of carbonyl (C=O) groups excluding carboxylic acids is 3. The van der Waals surface area contributed by atoms with Gasteiger partial charge < -0.3 is 30.5 Å². The molecule has 0 unspecified atom stereocenters. The first kappa shape index (κ1) is 24.6. The van der Waals surface area contributed by atoms with E-state index in [1.54, 1.807) is 41.3 Å². The zero-order chi connectivity index (χ0) is 25.2. The Balaban J connectivity index is 1.17. The SMILES string of the molecule is O=C(COc1cccc(NC(=O)NCC(=O)N2CCN(c3ccccc3)CC2)c1)Nc1ccccc1. The van der Waals surface area contributed by atoms with E-state index in [9.17, 15) is 14.4 Å². The van der Waals surface area contributed by atoms with Crippen LogP contribution in [0.25, 0.3) is 0 Å². The molecule has 1 saturated heterocycles. The van der Waals surface area contributed by atoms with Gasteiger partial charge in [0.05, 0.1) is 6.54 Å². The molecule has 0 atom stereocenters. The Labute approximate surface area is 210 Å². The molecule has 4 amide bonds. The Morgan fingerprint density at radius 2 is 1.42 bits per heavy atom. The number of nitrogens with one attached hydrogen (secondary N) is 3. The van der Waals surface area contributed by atoms with Crippen LogP contribution in [0.1, 0.15) is 0 Å². The molecule has 1 aliphatic rings. The van der Waals surface area contributed by atoms with Crippen molar-refractivity contribution in [1.82, 2.24) is 10.2 Å². The van der Waals surface area contributed by atoms with Crippen molar-refractivity contribution in [1.29, 1.82) is 0 Å². The van der Waals surface area contributed by atoms with E-state index >= 15 is 0 Å². The van der Waals surface area contributed by atoms with Gasteiger partial charge in [-0.3, -0.25) is 9.59 Å². The highest BCUT2D eigenvalue weighted by Gasteiger charge is 2.21. The standard InChI is InChI=1S/C27H29N5O4/c33-25(29-21-8-3-1-4-9-21)20-36-24-13-7-10-22(18-24)30-27(35)28-19-26(34)32-16-14-31(15-17-32)23-11-5-2-6-12-23/h1-13,18H,14-17,19-20H2,(H,29,33)(H2,28,30,35). The number of benzene rings is 3. The number of carbonyl (C=O) groups is 3. The van der Waals surface area contributed by atoms with Gasteiger partial charge in [0.25, 0.3) is 5.91 Å². The molecule has 4 rings (SSSR count). The van der Waals surface area contributed by atoms with Crippen LogP contribution in [0.2, 0.25) is 0 Å². The van der Waals surface area contributed by atoms with Crippen molar-refractivity contribution in [2.75, 3.05) is 54.9 Å². The first-order valence-electron chi connectivity index (χ1n) is 11.8. The van der Waals surface area contributed by atoms with E-state index < -0.39 is 6.03 Å². The summed E-state index contributed by atoms with van der Waals surface area (Å²) in [6.07, 6.45) is 0. The smallest absolute Gasteiger partial charge is 0.319 e. The summed E-state index contributed by atoms with van der Waals surface area (Å²) in [7, 11) is 0. The van der Waals surface area contributed by atoms with Crippen molar-refractivity contribution in [3.8, 4) is 5.75 Å². The lowest BCUT2D eigenvalue weighted by Gasteiger charge is -2.36. The molecule has 3 N–H and O–H groups in total. The van der Waals surface area contributed by atoms with Crippen LogP contribution in [0.3, 0.4) is 0 Å². The fourth-order valence-corrected chi connectivity index (χ4v) is 3.83. The summed E-state index contributed by atoms with van der Waals surface area (Å²) in [5.74, 6) is 0.0168. The van der Waals surface area contributed by atoms with E-state index in [4.69, 9.17) is 4.74 Å². The molecule has 9 nitrogen and oxygen atoms in total. The van der Waals surface area contributed by atoms with Gasteiger partial charge in [0.2, 0.25) is 5.91 Å². The third kappa shape index (κ3) is 7.23. The maximum atomic E-state index is 12.5. The number of hydrogen-bond donors (Lipinski definition) is 3. The van der Waals surface area contributed by atoms with Crippen molar-refractivity contribution < 1.29 is 19.1 Å². The van der Waals surface area contributed by atoms with E-state index in [1.165, 1.54) is 0 Å². The fourth-order valence-electron chi connectivity index (χ4n) is 3.83. The summed E-state index contributed by atoms with van der Waals surface area (Å²) in [4.78, 5) is 40.9. The second-order valence-electron chi connectivity index (χ2n) is 8.24. The van der Waals surface area contributed by atoms with E-state index in [1.807, 2.05) is 36.4 Å². The molecule has 3 aromatic carbocycles. The quantitative estimate of drug-likeness (QED) is 0.453. The minimum absolute atomic E-state index is 0.0903. The number of nitrogens with zero attached hydrogens (tertiary/aromatic N) is 2. The number of hydrogen-bond acceptors (Lipinski definition) is 5. The maximum Gasteiger partial charge on any atom is 0.319 e. The van der Waals surface area contributed by atoms with Gasteiger partial charge in [-0.1, -0.05) is 42.5 Å². The van der Waals surface area contributed by atoms with Gasteiger partial charge >= 0.3 is 6.03 Å². The molecule has 1 heterocycles. The van der Waals surface area contributed by atoms with Crippen molar-refractivity contribution in [3.63, 3.8) is 0 Å². The normalized spacial score (nSPS) is 13.0. The molecule has 9 heteroatoms. The molecule has 0 spiro atoms. The summed E-state index contributed by atoms with van der Waals surface area (Å²) in [5.41, 5.74) is 2.31. The Morgan fingerprint density at radius 3 is 2.14 bits per heavy atom. The van der Waals surface area contributed by atoms with Gasteiger partial charge in [0.1, 0.15) is 5.75 Å². The molecular weight excluding hydrogens is 458 g/mol. The summed E-state index contributed by atoms with van der Waals surface area (Å²) < 4.78 is 5.53. The van der Waals surface area contributed by atoms with E-state index in [2.05, 4.69) is 33.0 Å². The van der Waals surface area contributed by atoms with Gasteiger partial charge in [-0.25, -0.2) is 4.79 Å². The van der Waals surface area contributed by atoms with Gasteiger partial charge in [0, 0.05) is 49.3 Å². The number of rotatable bonds is 8. The molecule has 1 aliphatic heterocycles. The first-order valence-corrected chi connectivity index (χ1v) is 11.8. The Bertz CT molecular complexity index is 1170. The lowest BCUT2D eigenvalue weighted by Crippen LogP contribution is -2.51. The molecule has 0 aromatic heterocycles. The topological polar surface area (TPSA) is 103 Å². The molecule has 3 aromatic rings. The van der Waals surface area contributed by atoms with Crippen LogP contribution in [0.15, 0.2) is 84.9 Å². The second kappa shape index (κ2) is 12.3. The highest BCUT2D eigenvalue weighted by molar-refractivity contribution is 5.93. The number of urea groups is 1. The summed E-state index contributed by atoms with van der Waals surface area (Å²) in [6, 6.07) is 25.4. The molecule has 1 fully saturated rings. The highest BCUT2D eigenvalue weighted by Crippen LogP contribution is 2.18. The van der Waals surface area contributed by atoms with Gasteiger partial charge in [-0.15, -0.1) is 0 Å². The summed E-state index contributed by atoms with van der Waals surface area (Å²) >= 11 is 0. The van der Waals surface area contributed by atoms with Crippen molar-refractivity contribution in [2.24, 2.45) is 0 Å². The predicted octanol–water partition coefficient (Wildman–Crippen LogP) is 3.17.